The molecule has 0 aromatic heterocycles. The summed E-state index contributed by atoms with van der Waals surface area (Å²) in [7, 11) is 3.01. The van der Waals surface area contributed by atoms with Crippen LogP contribution in [0.4, 0.5) is 9.18 Å². The van der Waals surface area contributed by atoms with Crippen molar-refractivity contribution < 1.29 is 19.0 Å². The maximum absolute atomic E-state index is 13.2. The van der Waals surface area contributed by atoms with Crippen LogP contribution in [-0.2, 0) is 4.74 Å². The number of carbonyl (C=O) groups excluding carboxylic acids is 1. The summed E-state index contributed by atoms with van der Waals surface area (Å²) in [5.74, 6) is 5.79. The highest BCUT2D eigenvalue weighted by molar-refractivity contribution is 5.67. The molecule has 0 bridgehead atoms. The Bertz CT molecular complexity index is 666. The van der Waals surface area contributed by atoms with Crippen molar-refractivity contribution in [2.24, 2.45) is 11.8 Å². The molecule has 0 heterocycles. The van der Waals surface area contributed by atoms with Gasteiger partial charge in [0.2, 0.25) is 0 Å². The van der Waals surface area contributed by atoms with Crippen LogP contribution in [0.3, 0.4) is 0 Å². The van der Waals surface area contributed by atoms with Crippen LogP contribution in [-0.4, -0.2) is 41.9 Å². The molecule has 1 aliphatic carbocycles. The number of rotatable bonds is 1. The fourth-order valence-electron chi connectivity index (χ4n) is 3.34. The minimum Gasteiger partial charge on any atom is -0.453 e. The van der Waals surface area contributed by atoms with Crippen molar-refractivity contribution in [2.45, 2.75) is 38.3 Å². The zero-order valence-electron chi connectivity index (χ0n) is 14.5. The molecule has 0 radical (unpaired) electrons. The molecule has 1 fully saturated rings. The predicted octanol–water partition coefficient (Wildman–Crippen LogP) is 3.04. The van der Waals surface area contributed by atoms with Crippen molar-refractivity contribution in [2.75, 3.05) is 14.2 Å². The zero-order chi connectivity index (χ0) is 17.9. The van der Waals surface area contributed by atoms with Gasteiger partial charge in [-0.3, -0.25) is 0 Å². The second kappa shape index (κ2) is 7.23. The number of carbonyl (C=O) groups is 1. The number of hydrogen-bond acceptors (Lipinski definition) is 3. The largest absolute Gasteiger partial charge is 0.453 e. The fourth-order valence-corrected chi connectivity index (χ4v) is 3.34. The summed E-state index contributed by atoms with van der Waals surface area (Å²) >= 11 is 0. The third-order valence-corrected chi connectivity index (χ3v) is 4.94. The number of hydrogen-bond donors (Lipinski definition) is 1. The second-order valence-corrected chi connectivity index (χ2v) is 6.68. The van der Waals surface area contributed by atoms with Crippen LogP contribution in [0, 0.1) is 29.5 Å². The lowest BCUT2D eigenvalue weighted by atomic mass is 9.70. The van der Waals surface area contributed by atoms with Gasteiger partial charge >= 0.3 is 6.09 Å². The van der Waals surface area contributed by atoms with Crippen molar-refractivity contribution in [3.8, 4) is 11.8 Å². The Labute approximate surface area is 142 Å². The third-order valence-electron chi connectivity index (χ3n) is 4.94. The molecule has 0 aliphatic heterocycles. The molecule has 0 spiro atoms. The van der Waals surface area contributed by atoms with Crippen LogP contribution in [0.2, 0.25) is 0 Å². The van der Waals surface area contributed by atoms with Crippen LogP contribution in [0.5, 0.6) is 0 Å². The minimum atomic E-state index is -1.22. The van der Waals surface area contributed by atoms with Crippen LogP contribution in [0.1, 0.15) is 32.3 Å². The van der Waals surface area contributed by atoms with Gasteiger partial charge in [-0.1, -0.05) is 31.8 Å². The Balaban J connectivity index is 2.24. The van der Waals surface area contributed by atoms with Crippen LogP contribution >= 0.6 is 0 Å². The van der Waals surface area contributed by atoms with Crippen molar-refractivity contribution in [1.82, 2.24) is 4.90 Å². The van der Waals surface area contributed by atoms with Crippen molar-refractivity contribution in [3.05, 3.63) is 35.6 Å². The highest BCUT2D eigenvalue weighted by Crippen LogP contribution is 2.38. The predicted molar refractivity (Wildman–Crippen MR) is 89.7 cm³/mol. The van der Waals surface area contributed by atoms with E-state index in [1.807, 2.05) is 6.92 Å². The van der Waals surface area contributed by atoms with Crippen molar-refractivity contribution >= 4 is 6.09 Å². The highest BCUT2D eigenvalue weighted by Gasteiger charge is 2.43. The zero-order valence-corrected chi connectivity index (χ0v) is 14.5. The topological polar surface area (TPSA) is 49.8 Å². The number of halogens is 1. The molecule has 1 aromatic carbocycles. The van der Waals surface area contributed by atoms with E-state index in [4.69, 9.17) is 4.74 Å². The first-order valence-corrected chi connectivity index (χ1v) is 8.07. The van der Waals surface area contributed by atoms with E-state index in [9.17, 15) is 14.3 Å². The molecule has 1 aliphatic rings. The molecular weight excluding hydrogens is 309 g/mol. The summed E-state index contributed by atoms with van der Waals surface area (Å²) in [4.78, 5) is 13.4. The number of ether oxygens (including phenoxy) is 1. The molecule has 0 saturated heterocycles. The Kier molecular flexibility index (Phi) is 5.51. The summed E-state index contributed by atoms with van der Waals surface area (Å²) in [6.07, 6.45) is 0.426. The van der Waals surface area contributed by atoms with Gasteiger partial charge in [0, 0.05) is 25.1 Å². The molecule has 4 unspecified atom stereocenters. The SMILES string of the molecule is COC(=O)N(C)C1CC(O)(C#Cc2cccc(F)c2)CC(C)C1C. The Morgan fingerprint density at radius 1 is 1.42 bits per heavy atom. The lowest BCUT2D eigenvalue weighted by molar-refractivity contribution is -0.0254. The molecule has 1 aromatic rings. The molecule has 5 heteroatoms. The van der Waals surface area contributed by atoms with Gasteiger partial charge in [-0.2, -0.15) is 0 Å². The average molecular weight is 333 g/mol. The first-order chi connectivity index (χ1) is 11.3. The van der Waals surface area contributed by atoms with Gasteiger partial charge in [-0.15, -0.1) is 0 Å². The lowest BCUT2D eigenvalue weighted by Crippen LogP contribution is -2.52. The number of methoxy groups -OCH3 is 1. The van der Waals surface area contributed by atoms with Gasteiger partial charge < -0.3 is 14.7 Å². The molecule has 24 heavy (non-hydrogen) atoms. The molecular formula is C19H24FNO3. The van der Waals surface area contributed by atoms with Crippen molar-refractivity contribution in [3.63, 3.8) is 0 Å². The smallest absolute Gasteiger partial charge is 0.409 e. The second-order valence-electron chi connectivity index (χ2n) is 6.68. The quantitative estimate of drug-likeness (QED) is 0.804. The number of benzene rings is 1. The number of aliphatic hydroxyl groups is 1. The summed E-state index contributed by atoms with van der Waals surface area (Å²) in [5.41, 5.74) is -0.696. The first-order valence-electron chi connectivity index (χ1n) is 8.07. The third kappa shape index (κ3) is 4.07. The summed E-state index contributed by atoms with van der Waals surface area (Å²) in [5, 5.41) is 10.9. The van der Waals surface area contributed by atoms with E-state index in [1.165, 1.54) is 24.1 Å². The van der Waals surface area contributed by atoms with E-state index < -0.39 is 11.7 Å². The average Bonchev–Trinajstić information content (AvgIpc) is 2.55. The summed E-state index contributed by atoms with van der Waals surface area (Å²) in [6.45, 7) is 4.10. The molecule has 1 amide bonds. The lowest BCUT2D eigenvalue weighted by Gasteiger charge is -2.44. The van der Waals surface area contributed by atoms with Gasteiger partial charge in [0.05, 0.1) is 7.11 Å². The molecule has 1 N–H and O–H groups in total. The first kappa shape index (κ1) is 18.3. The highest BCUT2D eigenvalue weighted by atomic mass is 19.1. The molecule has 4 nitrogen and oxygen atoms in total. The van der Waals surface area contributed by atoms with E-state index in [0.29, 0.717) is 18.4 Å². The molecule has 2 rings (SSSR count). The van der Waals surface area contributed by atoms with Gasteiger partial charge in [-0.05, 0) is 36.5 Å². The normalized spacial score (nSPS) is 29.3. The van der Waals surface area contributed by atoms with Crippen LogP contribution < -0.4 is 0 Å². The Hall–Kier alpha value is -2.06. The summed E-state index contributed by atoms with van der Waals surface area (Å²) in [6, 6.07) is 5.80. The number of nitrogens with zero attached hydrogens (tertiary/aromatic N) is 1. The Morgan fingerprint density at radius 3 is 2.75 bits per heavy atom. The standard InChI is InChI=1S/C19H24FNO3/c1-13-11-19(23,9-8-15-6-5-7-16(20)10-15)12-17(14(13)2)21(3)18(22)24-4/h5-7,10,13-14,17,23H,11-12H2,1-4H3. The van der Waals surface area contributed by atoms with E-state index in [1.54, 1.807) is 19.2 Å². The Morgan fingerprint density at radius 2 is 2.12 bits per heavy atom. The fraction of sp³-hybridized carbons (Fsp3) is 0.526. The maximum atomic E-state index is 13.2. The monoisotopic (exact) mass is 333 g/mol. The van der Waals surface area contributed by atoms with Gasteiger partial charge in [-0.25, -0.2) is 9.18 Å². The van der Waals surface area contributed by atoms with E-state index >= 15 is 0 Å². The molecule has 130 valence electrons. The summed E-state index contributed by atoms with van der Waals surface area (Å²) < 4.78 is 18.0. The van der Waals surface area contributed by atoms with E-state index in [2.05, 4.69) is 18.8 Å². The van der Waals surface area contributed by atoms with Crippen LogP contribution in [0.25, 0.3) is 0 Å². The van der Waals surface area contributed by atoms with E-state index in [-0.39, 0.29) is 23.7 Å². The maximum Gasteiger partial charge on any atom is 0.409 e. The molecule has 4 atom stereocenters. The molecule has 1 saturated carbocycles. The van der Waals surface area contributed by atoms with Gasteiger partial charge in [0.1, 0.15) is 11.4 Å². The number of amides is 1. The van der Waals surface area contributed by atoms with Gasteiger partial charge in [0.15, 0.2) is 0 Å². The van der Waals surface area contributed by atoms with Crippen LogP contribution in [0.15, 0.2) is 24.3 Å². The van der Waals surface area contributed by atoms with Crippen molar-refractivity contribution in [1.29, 1.82) is 0 Å². The van der Waals surface area contributed by atoms with Gasteiger partial charge in [0.25, 0.3) is 0 Å². The van der Waals surface area contributed by atoms with E-state index in [0.717, 1.165) is 0 Å². The minimum absolute atomic E-state index is 0.173.